The van der Waals surface area contributed by atoms with E-state index in [1.807, 2.05) is 7.05 Å². The van der Waals surface area contributed by atoms with Gasteiger partial charge in [0.2, 0.25) is 0 Å². The van der Waals surface area contributed by atoms with Crippen molar-refractivity contribution >= 4 is 17.5 Å². The Morgan fingerprint density at radius 1 is 1.15 bits per heavy atom. The predicted octanol–water partition coefficient (Wildman–Crippen LogP) is 0.560. The fourth-order valence-electron chi connectivity index (χ4n) is 4.04. The van der Waals surface area contributed by atoms with Crippen LogP contribution in [0.25, 0.3) is 6.08 Å². The van der Waals surface area contributed by atoms with Gasteiger partial charge in [-0.25, -0.2) is 0 Å². The zero-order chi connectivity index (χ0) is 18.7. The molecule has 2 unspecified atom stereocenters. The maximum absolute atomic E-state index is 8.72. The second-order valence-electron chi connectivity index (χ2n) is 7.71. The first-order chi connectivity index (χ1) is 12.4. The Balaban J connectivity index is 0.00000261. The molecule has 0 amide bonds. The highest BCUT2D eigenvalue weighted by Gasteiger charge is 2.45. The van der Waals surface area contributed by atoms with Crippen LogP contribution in [0, 0.1) is 11.3 Å². The highest BCUT2D eigenvalue weighted by Crippen LogP contribution is 2.36. The topological polar surface area (TPSA) is 31.5 Å². The third-order valence-electron chi connectivity index (χ3n) is 5.66. The van der Waals surface area contributed by atoms with Crippen molar-refractivity contribution in [2.45, 2.75) is 31.7 Å². The molecule has 2 aromatic rings. The predicted molar refractivity (Wildman–Crippen MR) is 109 cm³/mol. The van der Waals surface area contributed by atoms with Crippen LogP contribution in [0.2, 0.25) is 0 Å². The SMILES string of the molecule is CN(CCC#N)c1ccc(/C=C/C2[NH+](C)c3ccccc3C2(C)C)cc1.[Cl-]. The fraction of sp³-hybridized carbons (Fsp3) is 0.348. The Morgan fingerprint density at radius 3 is 2.44 bits per heavy atom. The monoisotopic (exact) mass is 381 g/mol. The molecule has 2 aromatic carbocycles. The summed E-state index contributed by atoms with van der Waals surface area (Å²) in [7, 11) is 4.29. The van der Waals surface area contributed by atoms with Crippen LogP contribution in [-0.4, -0.2) is 26.7 Å². The van der Waals surface area contributed by atoms with Crippen molar-refractivity contribution in [3.8, 4) is 6.07 Å². The number of para-hydroxylation sites is 1. The minimum atomic E-state index is 0. The molecule has 0 fully saturated rings. The van der Waals surface area contributed by atoms with Crippen LogP contribution >= 0.6 is 0 Å². The number of hydrogen-bond acceptors (Lipinski definition) is 2. The van der Waals surface area contributed by atoms with Gasteiger partial charge in [0.05, 0.1) is 25.0 Å². The number of nitriles is 1. The quantitative estimate of drug-likeness (QED) is 0.820. The molecule has 4 heteroatoms. The van der Waals surface area contributed by atoms with Crippen molar-refractivity contribution in [3.05, 3.63) is 65.7 Å². The van der Waals surface area contributed by atoms with Crippen molar-refractivity contribution in [1.82, 2.24) is 0 Å². The van der Waals surface area contributed by atoms with Crippen molar-refractivity contribution in [1.29, 1.82) is 5.26 Å². The van der Waals surface area contributed by atoms with E-state index in [-0.39, 0.29) is 17.8 Å². The molecule has 142 valence electrons. The van der Waals surface area contributed by atoms with Gasteiger partial charge < -0.3 is 17.3 Å². The van der Waals surface area contributed by atoms with Gasteiger partial charge in [0.1, 0.15) is 11.7 Å². The van der Waals surface area contributed by atoms with Gasteiger partial charge in [-0.3, -0.25) is 4.90 Å². The van der Waals surface area contributed by atoms with E-state index in [4.69, 9.17) is 5.26 Å². The summed E-state index contributed by atoms with van der Waals surface area (Å²) in [5.74, 6) is 0. The lowest BCUT2D eigenvalue weighted by molar-refractivity contribution is -0.828. The van der Waals surface area contributed by atoms with Crippen LogP contribution in [-0.2, 0) is 5.41 Å². The zero-order valence-electron chi connectivity index (χ0n) is 16.5. The second kappa shape index (κ2) is 8.61. The number of fused-ring (bicyclic) bond motifs is 1. The number of benzene rings is 2. The average Bonchev–Trinajstić information content (AvgIpc) is 2.85. The van der Waals surface area contributed by atoms with Gasteiger partial charge in [0.25, 0.3) is 0 Å². The van der Waals surface area contributed by atoms with Gasteiger partial charge in [-0.15, -0.1) is 0 Å². The maximum Gasteiger partial charge on any atom is 0.135 e. The van der Waals surface area contributed by atoms with Crippen molar-refractivity contribution in [3.63, 3.8) is 0 Å². The summed E-state index contributed by atoms with van der Waals surface area (Å²) in [5, 5.41) is 8.72. The molecule has 1 aliphatic heterocycles. The second-order valence-corrected chi connectivity index (χ2v) is 7.71. The van der Waals surface area contributed by atoms with E-state index in [1.165, 1.54) is 21.7 Å². The van der Waals surface area contributed by atoms with Gasteiger partial charge in [-0.1, -0.05) is 36.4 Å². The lowest BCUT2D eigenvalue weighted by atomic mass is 9.80. The van der Waals surface area contributed by atoms with Crippen LogP contribution in [0.15, 0.2) is 54.6 Å². The number of rotatable bonds is 5. The first-order valence-corrected chi connectivity index (χ1v) is 9.25. The minimum absolute atomic E-state index is 0. The van der Waals surface area contributed by atoms with Crippen LogP contribution in [0.3, 0.4) is 0 Å². The molecule has 27 heavy (non-hydrogen) atoms. The number of likely N-dealkylation sites (N-methyl/N-ethyl adjacent to an activating group) is 1. The number of anilines is 1. The minimum Gasteiger partial charge on any atom is -1.00 e. The lowest BCUT2D eigenvalue weighted by Gasteiger charge is -2.25. The molecule has 0 aliphatic carbocycles. The molecule has 1 aliphatic rings. The largest absolute Gasteiger partial charge is 1.00 e. The molecule has 1 heterocycles. The van der Waals surface area contributed by atoms with Gasteiger partial charge in [-0.05, 0) is 43.7 Å². The van der Waals surface area contributed by atoms with Gasteiger partial charge in [-0.2, -0.15) is 5.26 Å². The van der Waals surface area contributed by atoms with E-state index in [2.05, 4.69) is 92.5 Å². The van der Waals surface area contributed by atoms with Crippen LogP contribution < -0.4 is 22.2 Å². The van der Waals surface area contributed by atoms with E-state index in [0.717, 1.165) is 12.2 Å². The van der Waals surface area contributed by atoms with Gasteiger partial charge in [0, 0.05) is 24.8 Å². The smallest absolute Gasteiger partial charge is 0.135 e. The molecule has 0 radical (unpaired) electrons. The van der Waals surface area contributed by atoms with Gasteiger partial charge >= 0.3 is 0 Å². The summed E-state index contributed by atoms with van der Waals surface area (Å²) in [5.41, 5.74) is 5.33. The summed E-state index contributed by atoms with van der Waals surface area (Å²) < 4.78 is 0. The maximum atomic E-state index is 8.72. The Bertz CT molecular complexity index is 833. The molecule has 0 saturated carbocycles. The number of nitrogens with one attached hydrogen (secondary N) is 1. The first kappa shape index (κ1) is 21.0. The molecule has 0 spiro atoms. The number of halogens is 1. The molecule has 0 aromatic heterocycles. The van der Waals surface area contributed by atoms with Gasteiger partial charge in [0.15, 0.2) is 0 Å². The Hall–Kier alpha value is -2.28. The normalized spacial score (nSPS) is 20.0. The van der Waals surface area contributed by atoms with E-state index in [0.29, 0.717) is 12.5 Å². The fourth-order valence-corrected chi connectivity index (χ4v) is 4.04. The first-order valence-electron chi connectivity index (χ1n) is 9.25. The van der Waals surface area contributed by atoms with Crippen molar-refractivity contribution in [2.24, 2.45) is 0 Å². The number of quaternary nitrogens is 1. The molecule has 3 rings (SSSR count). The van der Waals surface area contributed by atoms with E-state index in [1.54, 1.807) is 0 Å². The summed E-state index contributed by atoms with van der Waals surface area (Å²) >= 11 is 0. The standard InChI is InChI=1S/C23H27N3.ClH/c1-23(2)20-8-5-6-9-21(20)26(4)22(23)15-12-18-10-13-19(14-11-18)25(3)17-7-16-24;/h5-6,8-15,22H,7,17H2,1-4H3;1H/b15-12+;. The van der Waals surface area contributed by atoms with Crippen LogP contribution in [0.5, 0.6) is 0 Å². The zero-order valence-corrected chi connectivity index (χ0v) is 17.3. The molecular formula is C23H28ClN3. The molecule has 0 bridgehead atoms. The molecule has 1 N–H and O–H groups in total. The van der Waals surface area contributed by atoms with E-state index < -0.39 is 0 Å². The lowest BCUT2D eigenvalue weighted by Crippen LogP contribution is -3.07. The van der Waals surface area contributed by atoms with Crippen LogP contribution in [0.4, 0.5) is 11.4 Å². The van der Waals surface area contributed by atoms with E-state index in [9.17, 15) is 0 Å². The highest BCUT2D eigenvalue weighted by atomic mass is 35.5. The third-order valence-corrected chi connectivity index (χ3v) is 5.66. The summed E-state index contributed by atoms with van der Waals surface area (Å²) in [6.45, 7) is 5.43. The Kier molecular flexibility index (Phi) is 6.70. The summed E-state index contributed by atoms with van der Waals surface area (Å²) in [4.78, 5) is 3.57. The van der Waals surface area contributed by atoms with Crippen molar-refractivity contribution in [2.75, 3.05) is 25.5 Å². The average molecular weight is 382 g/mol. The molecule has 3 nitrogen and oxygen atoms in total. The number of nitrogens with zero attached hydrogens (tertiary/aromatic N) is 2. The van der Waals surface area contributed by atoms with Crippen molar-refractivity contribution < 1.29 is 17.3 Å². The molecular weight excluding hydrogens is 354 g/mol. The van der Waals surface area contributed by atoms with Crippen LogP contribution in [0.1, 0.15) is 31.4 Å². The highest BCUT2D eigenvalue weighted by molar-refractivity contribution is 5.57. The number of hydrogen-bond donors (Lipinski definition) is 1. The Morgan fingerprint density at radius 2 is 1.81 bits per heavy atom. The third kappa shape index (κ3) is 4.18. The van der Waals surface area contributed by atoms with E-state index >= 15 is 0 Å². The molecule has 0 saturated heterocycles. The Labute approximate surface area is 169 Å². The molecule has 2 atom stereocenters. The summed E-state index contributed by atoms with van der Waals surface area (Å²) in [6, 6.07) is 19.9. The summed E-state index contributed by atoms with van der Waals surface area (Å²) in [6.07, 6.45) is 5.13.